The number of carbonyl (C=O) groups is 1. The topological polar surface area (TPSA) is 20.3 Å². The van der Waals surface area contributed by atoms with E-state index in [0.29, 0.717) is 0 Å². The van der Waals surface area contributed by atoms with Crippen molar-refractivity contribution in [3.05, 3.63) is 33.8 Å². The minimum atomic E-state index is -0.821. The molecule has 1 amide bonds. The van der Waals surface area contributed by atoms with E-state index in [9.17, 15) is 13.6 Å². The van der Waals surface area contributed by atoms with Gasteiger partial charge in [-0.3, -0.25) is 4.79 Å². The van der Waals surface area contributed by atoms with E-state index in [0.717, 1.165) is 18.9 Å². The third kappa shape index (κ3) is 2.09. The van der Waals surface area contributed by atoms with E-state index < -0.39 is 17.5 Å². The van der Waals surface area contributed by atoms with E-state index in [-0.39, 0.29) is 16.1 Å². The summed E-state index contributed by atoms with van der Waals surface area (Å²) in [5.41, 5.74) is -0.0947. The fourth-order valence-electron chi connectivity index (χ4n) is 1.50. The molecule has 1 aromatic rings. The molecule has 2 rings (SSSR count). The first kappa shape index (κ1) is 11.5. The Hall–Kier alpha value is -0.970. The second-order valence-electron chi connectivity index (χ2n) is 3.89. The van der Waals surface area contributed by atoms with Crippen molar-refractivity contribution in [2.75, 3.05) is 7.05 Å². The van der Waals surface area contributed by atoms with E-state index in [1.807, 2.05) is 0 Å². The molecule has 5 heteroatoms. The molecule has 0 atom stereocenters. The zero-order valence-electron chi connectivity index (χ0n) is 8.64. The molecule has 1 aromatic carbocycles. The summed E-state index contributed by atoms with van der Waals surface area (Å²) in [5.74, 6) is -1.93. The van der Waals surface area contributed by atoms with Crippen molar-refractivity contribution in [3.8, 4) is 0 Å². The van der Waals surface area contributed by atoms with Gasteiger partial charge in [-0.05, 0) is 34.8 Å². The van der Waals surface area contributed by atoms with E-state index in [1.165, 1.54) is 11.0 Å². The van der Waals surface area contributed by atoms with Crippen LogP contribution in [-0.4, -0.2) is 23.9 Å². The Morgan fingerprint density at radius 1 is 1.38 bits per heavy atom. The molecule has 1 aliphatic carbocycles. The van der Waals surface area contributed by atoms with Gasteiger partial charge in [-0.2, -0.15) is 0 Å². The van der Waals surface area contributed by atoms with Crippen LogP contribution in [0.1, 0.15) is 23.2 Å². The Balaban J connectivity index is 2.32. The van der Waals surface area contributed by atoms with Crippen molar-refractivity contribution >= 4 is 21.8 Å². The standard InChI is InChI=1S/C11H10BrF2NO/c1-15(6-2-3-6)11(16)7-4-8(12)10(14)5-9(7)13/h4-6H,2-3H2,1H3. The lowest BCUT2D eigenvalue weighted by atomic mass is 10.2. The summed E-state index contributed by atoms with van der Waals surface area (Å²) in [6.07, 6.45) is 1.90. The molecule has 0 unspecified atom stereocenters. The summed E-state index contributed by atoms with van der Waals surface area (Å²) in [6.45, 7) is 0. The molecular formula is C11H10BrF2NO. The first-order valence-corrected chi connectivity index (χ1v) is 5.71. The van der Waals surface area contributed by atoms with Gasteiger partial charge in [-0.15, -0.1) is 0 Å². The highest BCUT2D eigenvalue weighted by atomic mass is 79.9. The summed E-state index contributed by atoms with van der Waals surface area (Å²) in [4.78, 5) is 13.4. The van der Waals surface area contributed by atoms with Crippen LogP contribution in [0.15, 0.2) is 16.6 Å². The third-order valence-corrected chi connectivity index (χ3v) is 3.26. The Kier molecular flexibility index (Phi) is 2.97. The lowest BCUT2D eigenvalue weighted by Gasteiger charge is -2.16. The Labute approximate surface area is 100 Å². The van der Waals surface area contributed by atoms with Crippen LogP contribution in [-0.2, 0) is 0 Å². The minimum Gasteiger partial charge on any atom is -0.339 e. The quantitative estimate of drug-likeness (QED) is 0.767. The van der Waals surface area contributed by atoms with Crippen LogP contribution < -0.4 is 0 Å². The van der Waals surface area contributed by atoms with Gasteiger partial charge in [0, 0.05) is 19.2 Å². The largest absolute Gasteiger partial charge is 0.339 e. The van der Waals surface area contributed by atoms with Crippen LogP contribution in [0.4, 0.5) is 8.78 Å². The highest BCUT2D eigenvalue weighted by Gasteiger charge is 2.31. The van der Waals surface area contributed by atoms with Gasteiger partial charge in [-0.1, -0.05) is 0 Å². The van der Waals surface area contributed by atoms with Crippen molar-refractivity contribution in [2.45, 2.75) is 18.9 Å². The zero-order valence-corrected chi connectivity index (χ0v) is 10.2. The predicted molar refractivity (Wildman–Crippen MR) is 59.2 cm³/mol. The molecule has 0 heterocycles. The number of hydrogen-bond donors (Lipinski definition) is 0. The number of nitrogens with zero attached hydrogens (tertiary/aromatic N) is 1. The first-order valence-electron chi connectivity index (χ1n) is 4.92. The highest BCUT2D eigenvalue weighted by molar-refractivity contribution is 9.10. The smallest absolute Gasteiger partial charge is 0.256 e. The first-order chi connectivity index (χ1) is 7.50. The van der Waals surface area contributed by atoms with Crippen LogP contribution in [0.25, 0.3) is 0 Å². The lowest BCUT2D eigenvalue weighted by molar-refractivity contribution is 0.0780. The number of rotatable bonds is 2. The molecule has 0 radical (unpaired) electrons. The summed E-state index contributed by atoms with van der Waals surface area (Å²) in [6, 6.07) is 2.11. The molecule has 2 nitrogen and oxygen atoms in total. The van der Waals surface area contributed by atoms with Crippen molar-refractivity contribution in [3.63, 3.8) is 0 Å². The van der Waals surface area contributed by atoms with Gasteiger partial charge in [0.2, 0.25) is 0 Å². The number of halogens is 3. The number of carbonyl (C=O) groups excluding carboxylic acids is 1. The van der Waals surface area contributed by atoms with Crippen molar-refractivity contribution < 1.29 is 13.6 Å². The van der Waals surface area contributed by atoms with Gasteiger partial charge < -0.3 is 4.90 Å². The van der Waals surface area contributed by atoms with Gasteiger partial charge in [0.1, 0.15) is 11.6 Å². The van der Waals surface area contributed by atoms with Gasteiger partial charge in [0.05, 0.1) is 10.0 Å². The highest BCUT2D eigenvalue weighted by Crippen LogP contribution is 2.28. The van der Waals surface area contributed by atoms with Crippen molar-refractivity contribution in [1.82, 2.24) is 4.90 Å². The number of amides is 1. The Morgan fingerprint density at radius 2 is 2.00 bits per heavy atom. The molecule has 0 spiro atoms. The molecule has 1 saturated carbocycles. The average Bonchev–Trinajstić information content (AvgIpc) is 3.05. The monoisotopic (exact) mass is 289 g/mol. The number of benzene rings is 1. The average molecular weight is 290 g/mol. The Bertz CT molecular complexity index is 446. The summed E-state index contributed by atoms with van der Waals surface area (Å²) in [7, 11) is 1.64. The van der Waals surface area contributed by atoms with Crippen molar-refractivity contribution in [2.24, 2.45) is 0 Å². The molecule has 0 aliphatic heterocycles. The Morgan fingerprint density at radius 3 is 2.56 bits per heavy atom. The molecule has 0 aromatic heterocycles. The van der Waals surface area contributed by atoms with Crippen LogP contribution in [0.2, 0.25) is 0 Å². The number of hydrogen-bond acceptors (Lipinski definition) is 1. The third-order valence-electron chi connectivity index (χ3n) is 2.66. The van der Waals surface area contributed by atoms with Crippen LogP contribution >= 0.6 is 15.9 Å². The molecule has 0 bridgehead atoms. The molecule has 16 heavy (non-hydrogen) atoms. The predicted octanol–water partition coefficient (Wildman–Crippen LogP) is 2.96. The lowest BCUT2D eigenvalue weighted by Crippen LogP contribution is -2.29. The molecule has 0 saturated heterocycles. The van der Waals surface area contributed by atoms with Crippen LogP contribution in [0, 0.1) is 11.6 Å². The van der Waals surface area contributed by atoms with E-state index >= 15 is 0 Å². The fourth-order valence-corrected chi connectivity index (χ4v) is 1.85. The molecule has 1 aliphatic rings. The molecular weight excluding hydrogens is 280 g/mol. The summed E-state index contributed by atoms with van der Waals surface area (Å²) in [5, 5.41) is 0. The maximum Gasteiger partial charge on any atom is 0.256 e. The van der Waals surface area contributed by atoms with Crippen LogP contribution in [0.3, 0.4) is 0 Å². The SMILES string of the molecule is CN(C(=O)c1cc(Br)c(F)cc1F)C1CC1. The second kappa shape index (κ2) is 4.13. The normalized spacial score (nSPS) is 15.0. The van der Waals surface area contributed by atoms with Gasteiger partial charge in [0.25, 0.3) is 5.91 Å². The van der Waals surface area contributed by atoms with Crippen LogP contribution in [0.5, 0.6) is 0 Å². The molecule has 0 N–H and O–H groups in total. The van der Waals surface area contributed by atoms with E-state index in [4.69, 9.17) is 0 Å². The summed E-state index contributed by atoms with van der Waals surface area (Å²) >= 11 is 2.94. The van der Waals surface area contributed by atoms with Gasteiger partial charge >= 0.3 is 0 Å². The van der Waals surface area contributed by atoms with E-state index in [2.05, 4.69) is 15.9 Å². The van der Waals surface area contributed by atoms with Crippen molar-refractivity contribution in [1.29, 1.82) is 0 Å². The molecule has 86 valence electrons. The minimum absolute atomic E-state index is 0.0947. The summed E-state index contributed by atoms with van der Waals surface area (Å²) < 4.78 is 26.5. The molecule has 1 fully saturated rings. The maximum atomic E-state index is 13.4. The van der Waals surface area contributed by atoms with Gasteiger partial charge in [0.15, 0.2) is 0 Å². The van der Waals surface area contributed by atoms with Gasteiger partial charge in [-0.25, -0.2) is 8.78 Å². The second-order valence-corrected chi connectivity index (χ2v) is 4.75. The van der Waals surface area contributed by atoms with E-state index in [1.54, 1.807) is 7.05 Å². The maximum absolute atomic E-state index is 13.4. The fraction of sp³-hybridized carbons (Fsp3) is 0.364. The zero-order chi connectivity index (χ0) is 11.9.